The SMILES string of the molecule is CC1CCC(Cn2cc(CCCO)nn2)O1. The largest absolute Gasteiger partial charge is 0.396 e. The second-order valence-corrected chi connectivity index (χ2v) is 4.41. The molecule has 5 heteroatoms. The summed E-state index contributed by atoms with van der Waals surface area (Å²) < 4.78 is 7.57. The zero-order chi connectivity index (χ0) is 11.4. The van der Waals surface area contributed by atoms with Gasteiger partial charge in [-0.2, -0.15) is 0 Å². The van der Waals surface area contributed by atoms with Gasteiger partial charge in [0, 0.05) is 12.8 Å². The van der Waals surface area contributed by atoms with Crippen LogP contribution in [-0.2, 0) is 17.7 Å². The zero-order valence-corrected chi connectivity index (χ0v) is 9.67. The lowest BCUT2D eigenvalue weighted by Crippen LogP contribution is -2.16. The third-order valence-corrected chi connectivity index (χ3v) is 2.89. The van der Waals surface area contributed by atoms with Crippen molar-refractivity contribution in [3.05, 3.63) is 11.9 Å². The van der Waals surface area contributed by atoms with E-state index in [1.807, 2.05) is 10.9 Å². The summed E-state index contributed by atoms with van der Waals surface area (Å²) in [7, 11) is 0. The van der Waals surface area contributed by atoms with E-state index in [0.717, 1.165) is 37.9 Å². The van der Waals surface area contributed by atoms with Gasteiger partial charge in [-0.25, -0.2) is 4.68 Å². The molecule has 90 valence electrons. The van der Waals surface area contributed by atoms with Crippen molar-refractivity contribution in [1.82, 2.24) is 15.0 Å². The number of aromatic nitrogens is 3. The molecule has 2 rings (SSSR count). The maximum Gasteiger partial charge on any atom is 0.0828 e. The monoisotopic (exact) mass is 225 g/mol. The molecule has 2 unspecified atom stereocenters. The third-order valence-electron chi connectivity index (χ3n) is 2.89. The highest BCUT2D eigenvalue weighted by Gasteiger charge is 2.22. The topological polar surface area (TPSA) is 60.2 Å². The molecule has 0 aromatic carbocycles. The molecule has 5 nitrogen and oxygen atoms in total. The second kappa shape index (κ2) is 5.41. The van der Waals surface area contributed by atoms with Gasteiger partial charge in [0.2, 0.25) is 0 Å². The van der Waals surface area contributed by atoms with Crippen molar-refractivity contribution in [1.29, 1.82) is 0 Å². The number of aliphatic hydroxyl groups is 1. The number of hydrogen-bond acceptors (Lipinski definition) is 4. The number of rotatable bonds is 5. The lowest BCUT2D eigenvalue weighted by Gasteiger charge is -2.09. The Balaban J connectivity index is 1.83. The molecule has 0 radical (unpaired) electrons. The average molecular weight is 225 g/mol. The molecule has 0 spiro atoms. The molecule has 0 bridgehead atoms. The van der Waals surface area contributed by atoms with E-state index < -0.39 is 0 Å². The molecular formula is C11H19N3O2. The van der Waals surface area contributed by atoms with E-state index in [2.05, 4.69) is 17.2 Å². The number of hydrogen-bond donors (Lipinski definition) is 1. The van der Waals surface area contributed by atoms with Crippen LogP contribution in [-0.4, -0.2) is 38.9 Å². The lowest BCUT2D eigenvalue weighted by atomic mass is 10.2. The Morgan fingerprint density at radius 1 is 1.56 bits per heavy atom. The molecule has 1 N–H and O–H groups in total. The van der Waals surface area contributed by atoms with E-state index >= 15 is 0 Å². The van der Waals surface area contributed by atoms with Crippen LogP contribution >= 0.6 is 0 Å². The second-order valence-electron chi connectivity index (χ2n) is 4.41. The molecule has 1 aromatic heterocycles. The number of aliphatic hydroxyl groups excluding tert-OH is 1. The fourth-order valence-electron chi connectivity index (χ4n) is 2.03. The van der Waals surface area contributed by atoms with Gasteiger partial charge < -0.3 is 9.84 Å². The van der Waals surface area contributed by atoms with Gasteiger partial charge in [0.25, 0.3) is 0 Å². The highest BCUT2D eigenvalue weighted by atomic mass is 16.5. The first kappa shape index (κ1) is 11.5. The molecule has 16 heavy (non-hydrogen) atoms. The minimum absolute atomic E-state index is 0.204. The maximum absolute atomic E-state index is 8.72. The van der Waals surface area contributed by atoms with Crippen molar-refractivity contribution in [2.75, 3.05) is 6.61 Å². The average Bonchev–Trinajstić information content (AvgIpc) is 2.86. The summed E-state index contributed by atoms with van der Waals surface area (Å²) in [4.78, 5) is 0. The van der Waals surface area contributed by atoms with Crippen molar-refractivity contribution in [2.24, 2.45) is 0 Å². The van der Waals surface area contributed by atoms with Crippen LogP contribution < -0.4 is 0 Å². The maximum atomic E-state index is 8.72. The highest BCUT2D eigenvalue weighted by molar-refractivity contribution is 4.92. The van der Waals surface area contributed by atoms with Crippen LogP contribution in [0.2, 0.25) is 0 Å². The van der Waals surface area contributed by atoms with Gasteiger partial charge in [-0.3, -0.25) is 0 Å². The molecule has 0 saturated carbocycles. The molecule has 1 aliphatic rings. The molecule has 2 atom stereocenters. The van der Waals surface area contributed by atoms with Crippen LogP contribution in [0.5, 0.6) is 0 Å². The molecule has 0 aliphatic carbocycles. The molecule has 1 fully saturated rings. The summed E-state index contributed by atoms with van der Waals surface area (Å²) in [6.07, 6.45) is 6.38. The Kier molecular flexibility index (Phi) is 3.90. The highest BCUT2D eigenvalue weighted by Crippen LogP contribution is 2.20. The van der Waals surface area contributed by atoms with Crippen LogP contribution in [0.3, 0.4) is 0 Å². The van der Waals surface area contributed by atoms with E-state index in [0.29, 0.717) is 6.10 Å². The van der Waals surface area contributed by atoms with Crippen molar-refractivity contribution >= 4 is 0 Å². The van der Waals surface area contributed by atoms with Crippen molar-refractivity contribution in [3.63, 3.8) is 0 Å². The predicted octanol–water partition coefficient (Wildman–Crippen LogP) is 0.770. The first-order chi connectivity index (χ1) is 7.78. The minimum Gasteiger partial charge on any atom is -0.396 e. The number of nitrogens with zero attached hydrogens (tertiary/aromatic N) is 3. The first-order valence-corrected chi connectivity index (χ1v) is 5.93. The molecule has 1 saturated heterocycles. The molecule has 1 aromatic rings. The van der Waals surface area contributed by atoms with Gasteiger partial charge in [-0.1, -0.05) is 5.21 Å². The summed E-state index contributed by atoms with van der Waals surface area (Å²) in [5.41, 5.74) is 0.945. The Hall–Kier alpha value is -0.940. The smallest absolute Gasteiger partial charge is 0.0828 e. The van der Waals surface area contributed by atoms with Crippen LogP contribution in [0, 0.1) is 0 Å². The molecule has 1 aliphatic heterocycles. The van der Waals surface area contributed by atoms with Crippen molar-refractivity contribution in [2.45, 2.75) is 51.4 Å². The van der Waals surface area contributed by atoms with E-state index in [4.69, 9.17) is 9.84 Å². The van der Waals surface area contributed by atoms with Crippen LogP contribution in [0.25, 0.3) is 0 Å². The minimum atomic E-state index is 0.204. The third kappa shape index (κ3) is 3.02. The fraction of sp³-hybridized carbons (Fsp3) is 0.818. The first-order valence-electron chi connectivity index (χ1n) is 5.93. The van der Waals surface area contributed by atoms with E-state index in [9.17, 15) is 0 Å². The standard InChI is InChI=1S/C11H19N3O2/c1-9-4-5-11(16-9)8-14-7-10(12-13-14)3-2-6-15/h7,9,11,15H,2-6,8H2,1H3. The predicted molar refractivity (Wildman–Crippen MR) is 59.0 cm³/mol. The Morgan fingerprint density at radius 2 is 2.44 bits per heavy atom. The van der Waals surface area contributed by atoms with E-state index in [1.54, 1.807) is 0 Å². The van der Waals surface area contributed by atoms with Gasteiger partial charge in [0.05, 0.1) is 24.4 Å². The van der Waals surface area contributed by atoms with Gasteiger partial charge in [-0.15, -0.1) is 5.10 Å². The summed E-state index contributed by atoms with van der Waals surface area (Å²) in [6, 6.07) is 0. The van der Waals surface area contributed by atoms with Crippen LogP contribution in [0.15, 0.2) is 6.20 Å². The Morgan fingerprint density at radius 3 is 3.12 bits per heavy atom. The van der Waals surface area contributed by atoms with Crippen LogP contribution in [0.4, 0.5) is 0 Å². The van der Waals surface area contributed by atoms with E-state index in [-0.39, 0.29) is 12.7 Å². The molecule has 0 amide bonds. The van der Waals surface area contributed by atoms with Crippen molar-refractivity contribution in [3.8, 4) is 0 Å². The summed E-state index contributed by atoms with van der Waals surface area (Å²) in [6.45, 7) is 3.10. The molecular weight excluding hydrogens is 206 g/mol. The Labute approximate surface area is 95.4 Å². The Bertz CT molecular complexity index is 327. The summed E-state index contributed by atoms with van der Waals surface area (Å²) in [5, 5.41) is 16.8. The van der Waals surface area contributed by atoms with Gasteiger partial charge in [0.1, 0.15) is 0 Å². The fourth-order valence-corrected chi connectivity index (χ4v) is 2.03. The molecule has 2 heterocycles. The normalized spacial score (nSPS) is 25.1. The van der Waals surface area contributed by atoms with E-state index in [1.165, 1.54) is 0 Å². The van der Waals surface area contributed by atoms with Crippen molar-refractivity contribution < 1.29 is 9.84 Å². The number of ether oxygens (including phenoxy) is 1. The van der Waals surface area contributed by atoms with Gasteiger partial charge >= 0.3 is 0 Å². The number of aryl methyl sites for hydroxylation is 1. The quantitative estimate of drug-likeness (QED) is 0.804. The van der Waals surface area contributed by atoms with Gasteiger partial charge in [-0.05, 0) is 32.6 Å². The van der Waals surface area contributed by atoms with Gasteiger partial charge in [0.15, 0.2) is 0 Å². The summed E-state index contributed by atoms with van der Waals surface area (Å²) >= 11 is 0. The van der Waals surface area contributed by atoms with Crippen LogP contribution in [0.1, 0.15) is 31.9 Å². The summed E-state index contributed by atoms with van der Waals surface area (Å²) in [5.74, 6) is 0. The zero-order valence-electron chi connectivity index (χ0n) is 9.67. The lowest BCUT2D eigenvalue weighted by molar-refractivity contribution is 0.0434.